The maximum absolute atomic E-state index is 6.56. The van der Waals surface area contributed by atoms with Gasteiger partial charge in [0.1, 0.15) is 0 Å². The second-order valence-electron chi connectivity index (χ2n) is 1.12. The molecule has 2 heteroatoms. The molecule has 0 heterocycles. The smallest absolute Gasteiger partial charge is 0.0357 e. The van der Waals surface area contributed by atoms with Crippen molar-refractivity contribution < 1.29 is 0 Å². The summed E-state index contributed by atoms with van der Waals surface area (Å²) < 4.78 is 0. The average molecular weight is 98.1 g/mol. The Balaban J connectivity index is 2.92. The Labute approximate surface area is 43.8 Å². The van der Waals surface area contributed by atoms with Crippen molar-refractivity contribution in [2.75, 3.05) is 6.54 Å². The van der Waals surface area contributed by atoms with Gasteiger partial charge in [0.25, 0.3) is 0 Å². The van der Waals surface area contributed by atoms with Crippen LogP contribution in [0.25, 0.3) is 0 Å². The Morgan fingerprint density at radius 1 is 1.71 bits per heavy atom. The normalized spacial score (nSPS) is 9.86. The summed E-state index contributed by atoms with van der Waals surface area (Å²) >= 11 is 0. The number of hydrogen-bond acceptors (Lipinski definition) is 2. The summed E-state index contributed by atoms with van der Waals surface area (Å²) in [7, 11) is 0. The summed E-state index contributed by atoms with van der Waals surface area (Å²) in [6, 6.07) is 0. The molecule has 0 radical (unpaired) electrons. The van der Waals surface area contributed by atoms with Crippen molar-refractivity contribution >= 4 is 12.4 Å². The summed E-state index contributed by atoms with van der Waals surface area (Å²) in [4.78, 5) is 3.89. The van der Waals surface area contributed by atoms with E-state index in [0.717, 1.165) is 6.54 Å². The van der Waals surface area contributed by atoms with Crippen LogP contribution >= 0.6 is 0 Å². The van der Waals surface area contributed by atoms with Gasteiger partial charge in [-0.25, -0.2) is 0 Å². The molecule has 2 nitrogen and oxygen atoms in total. The summed E-state index contributed by atoms with van der Waals surface area (Å²) in [5.41, 5.74) is 0. The molecular formula is C5H10N2. The average Bonchev–Trinajstić information content (AvgIpc) is 1.69. The van der Waals surface area contributed by atoms with Crippen molar-refractivity contribution in [3.05, 3.63) is 0 Å². The minimum atomic E-state index is 0.674. The molecule has 0 atom stereocenters. The van der Waals surface area contributed by atoms with Crippen LogP contribution in [0.15, 0.2) is 4.99 Å². The zero-order chi connectivity index (χ0) is 5.54. The van der Waals surface area contributed by atoms with Crippen molar-refractivity contribution in [3.63, 3.8) is 0 Å². The minimum absolute atomic E-state index is 0.674. The van der Waals surface area contributed by atoms with E-state index in [2.05, 4.69) is 4.99 Å². The van der Waals surface area contributed by atoms with E-state index in [9.17, 15) is 0 Å². The molecule has 7 heavy (non-hydrogen) atoms. The van der Waals surface area contributed by atoms with Gasteiger partial charge in [0, 0.05) is 25.4 Å². The van der Waals surface area contributed by atoms with Crippen molar-refractivity contribution in [1.82, 2.24) is 0 Å². The van der Waals surface area contributed by atoms with Gasteiger partial charge in [-0.1, -0.05) is 0 Å². The number of nitrogens with zero attached hydrogens (tertiary/aromatic N) is 1. The molecular weight excluding hydrogens is 88.1 g/mol. The van der Waals surface area contributed by atoms with Crippen LogP contribution < -0.4 is 0 Å². The topological polar surface area (TPSA) is 36.2 Å². The fourth-order valence-electron chi connectivity index (χ4n) is 0.256. The molecule has 40 valence electrons. The molecule has 0 saturated carbocycles. The van der Waals surface area contributed by atoms with E-state index in [0.29, 0.717) is 6.42 Å². The van der Waals surface area contributed by atoms with E-state index >= 15 is 0 Å². The van der Waals surface area contributed by atoms with Crippen LogP contribution in [0.1, 0.15) is 13.3 Å². The van der Waals surface area contributed by atoms with Crippen LogP contribution in [-0.2, 0) is 0 Å². The summed E-state index contributed by atoms with van der Waals surface area (Å²) in [6.45, 7) is 2.80. The molecule has 0 aromatic heterocycles. The first kappa shape index (κ1) is 6.34. The quantitative estimate of drug-likeness (QED) is 0.513. The van der Waals surface area contributed by atoms with E-state index in [1.807, 2.05) is 6.92 Å². The van der Waals surface area contributed by atoms with Crippen LogP contribution in [0.4, 0.5) is 0 Å². The van der Waals surface area contributed by atoms with Gasteiger partial charge in [-0.3, -0.25) is 4.99 Å². The lowest BCUT2D eigenvalue weighted by molar-refractivity contribution is 1.13. The maximum Gasteiger partial charge on any atom is 0.0357 e. The highest BCUT2D eigenvalue weighted by atomic mass is 14.7. The SMILES string of the molecule is CC/N=C\CC=N. The highest BCUT2D eigenvalue weighted by Gasteiger charge is 1.64. The van der Waals surface area contributed by atoms with Gasteiger partial charge in [0.15, 0.2) is 0 Å². The molecule has 0 bridgehead atoms. The Hall–Kier alpha value is -0.660. The van der Waals surface area contributed by atoms with Crippen molar-refractivity contribution in [3.8, 4) is 0 Å². The first-order valence-corrected chi connectivity index (χ1v) is 2.39. The molecule has 0 unspecified atom stereocenters. The Morgan fingerprint density at radius 2 is 2.43 bits per heavy atom. The fraction of sp³-hybridized carbons (Fsp3) is 0.600. The predicted molar refractivity (Wildman–Crippen MR) is 32.4 cm³/mol. The largest absolute Gasteiger partial charge is 0.313 e. The molecule has 0 aliphatic carbocycles. The van der Waals surface area contributed by atoms with Gasteiger partial charge in [0.05, 0.1) is 0 Å². The molecule has 0 rings (SSSR count). The molecule has 0 saturated heterocycles. The molecule has 0 amide bonds. The van der Waals surface area contributed by atoms with Crippen LogP contribution in [0, 0.1) is 5.41 Å². The molecule has 0 fully saturated rings. The number of aliphatic imine (C=N–C) groups is 1. The first-order valence-electron chi connectivity index (χ1n) is 2.39. The lowest BCUT2D eigenvalue weighted by Crippen LogP contribution is -1.75. The Morgan fingerprint density at radius 3 is 2.86 bits per heavy atom. The third-order valence-corrected chi connectivity index (χ3v) is 0.535. The Bertz CT molecular complexity index is 66.5. The van der Waals surface area contributed by atoms with E-state index in [-0.39, 0.29) is 0 Å². The lowest BCUT2D eigenvalue weighted by atomic mass is 10.5. The number of nitrogens with one attached hydrogen (secondary N) is 1. The Kier molecular flexibility index (Phi) is 4.84. The predicted octanol–water partition coefficient (Wildman–Crippen LogP) is 1.12. The van der Waals surface area contributed by atoms with Crippen LogP contribution in [0.2, 0.25) is 0 Å². The van der Waals surface area contributed by atoms with Gasteiger partial charge in [-0.05, 0) is 6.92 Å². The van der Waals surface area contributed by atoms with E-state index in [1.54, 1.807) is 6.21 Å². The zero-order valence-corrected chi connectivity index (χ0v) is 4.52. The zero-order valence-electron chi connectivity index (χ0n) is 4.52. The second kappa shape index (κ2) is 5.34. The standard InChI is InChI=1S/C5H10N2/c1-2-7-5-3-4-6/h4-6H,2-3H2,1H3/b6-4?,7-5-. The number of rotatable bonds is 3. The van der Waals surface area contributed by atoms with Crippen molar-refractivity contribution in [2.24, 2.45) is 4.99 Å². The molecule has 0 spiro atoms. The summed E-state index contributed by atoms with van der Waals surface area (Å²) in [6.07, 6.45) is 3.75. The maximum atomic E-state index is 6.56. The number of hydrogen-bond donors (Lipinski definition) is 1. The van der Waals surface area contributed by atoms with Gasteiger partial charge < -0.3 is 5.41 Å². The molecule has 0 aromatic carbocycles. The summed E-state index contributed by atoms with van der Waals surface area (Å²) in [5.74, 6) is 0. The molecule has 0 aliphatic heterocycles. The van der Waals surface area contributed by atoms with Gasteiger partial charge >= 0.3 is 0 Å². The van der Waals surface area contributed by atoms with Crippen molar-refractivity contribution in [1.29, 1.82) is 5.41 Å². The lowest BCUT2D eigenvalue weighted by Gasteiger charge is -1.75. The van der Waals surface area contributed by atoms with Crippen LogP contribution in [-0.4, -0.2) is 19.0 Å². The van der Waals surface area contributed by atoms with Gasteiger partial charge in [-0.2, -0.15) is 0 Å². The van der Waals surface area contributed by atoms with Crippen LogP contribution in [0.5, 0.6) is 0 Å². The monoisotopic (exact) mass is 98.1 g/mol. The third kappa shape index (κ3) is 5.34. The molecule has 0 aliphatic rings. The fourth-order valence-corrected chi connectivity index (χ4v) is 0.256. The minimum Gasteiger partial charge on any atom is -0.313 e. The highest BCUT2D eigenvalue weighted by molar-refractivity contribution is 5.77. The third-order valence-electron chi connectivity index (χ3n) is 0.535. The van der Waals surface area contributed by atoms with Crippen molar-refractivity contribution in [2.45, 2.75) is 13.3 Å². The van der Waals surface area contributed by atoms with Crippen LogP contribution in [0.3, 0.4) is 0 Å². The first-order chi connectivity index (χ1) is 3.41. The molecule has 0 aromatic rings. The van der Waals surface area contributed by atoms with Gasteiger partial charge in [-0.15, -0.1) is 0 Å². The highest BCUT2D eigenvalue weighted by Crippen LogP contribution is 1.65. The summed E-state index contributed by atoms with van der Waals surface area (Å²) in [5, 5.41) is 6.56. The molecule has 1 N–H and O–H groups in total. The van der Waals surface area contributed by atoms with E-state index < -0.39 is 0 Å². The van der Waals surface area contributed by atoms with E-state index in [1.165, 1.54) is 6.21 Å². The van der Waals surface area contributed by atoms with E-state index in [4.69, 9.17) is 5.41 Å². The second-order valence-corrected chi connectivity index (χ2v) is 1.12. The van der Waals surface area contributed by atoms with Gasteiger partial charge in [0.2, 0.25) is 0 Å².